The summed E-state index contributed by atoms with van der Waals surface area (Å²) < 4.78 is 12.0. The highest BCUT2D eigenvalue weighted by Crippen LogP contribution is 2.45. The predicted molar refractivity (Wildman–Crippen MR) is 112 cm³/mol. The fourth-order valence-corrected chi connectivity index (χ4v) is 3.70. The molecule has 7 nitrogen and oxygen atoms in total. The Labute approximate surface area is 165 Å². The van der Waals surface area contributed by atoms with E-state index in [9.17, 15) is 0 Å². The predicted octanol–water partition coefficient (Wildman–Crippen LogP) is 3.42. The second-order valence-corrected chi connectivity index (χ2v) is 7.08. The van der Waals surface area contributed by atoms with Gasteiger partial charge in [0.1, 0.15) is 19.0 Å². The molecule has 2 aliphatic heterocycles. The molecular formula is C21H27N5O2. The second kappa shape index (κ2) is 8.06. The van der Waals surface area contributed by atoms with Gasteiger partial charge in [-0.3, -0.25) is 0 Å². The van der Waals surface area contributed by atoms with Crippen molar-refractivity contribution >= 4 is 23.0 Å². The third kappa shape index (κ3) is 3.75. The molecule has 3 N–H and O–H groups in total. The lowest BCUT2D eigenvalue weighted by Crippen LogP contribution is -2.18. The first kappa shape index (κ1) is 18.6. The summed E-state index contributed by atoms with van der Waals surface area (Å²) in [5, 5.41) is 9.90. The summed E-state index contributed by atoms with van der Waals surface area (Å²) >= 11 is 0. The molecule has 4 rings (SSSR count). The van der Waals surface area contributed by atoms with Crippen LogP contribution in [0.15, 0.2) is 18.2 Å². The molecule has 0 spiro atoms. The van der Waals surface area contributed by atoms with Gasteiger partial charge >= 0.3 is 0 Å². The molecule has 3 heterocycles. The van der Waals surface area contributed by atoms with Crippen LogP contribution in [-0.4, -0.2) is 43.3 Å². The number of hydrogen-bond acceptors (Lipinski definition) is 7. The first-order chi connectivity index (χ1) is 13.7. The summed E-state index contributed by atoms with van der Waals surface area (Å²) in [6, 6.07) is 3.91. The van der Waals surface area contributed by atoms with Crippen LogP contribution in [0.3, 0.4) is 0 Å². The first-order valence-corrected chi connectivity index (χ1v) is 9.79. The lowest BCUT2D eigenvalue weighted by Gasteiger charge is -2.25. The number of ether oxygens (including phenoxy) is 2. The first-order valence-electron chi connectivity index (χ1n) is 9.79. The number of benzene rings is 1. The Morgan fingerprint density at radius 1 is 1.11 bits per heavy atom. The largest absolute Gasteiger partial charge is 0.486 e. The molecule has 1 aromatic carbocycles. The summed E-state index contributed by atoms with van der Waals surface area (Å²) in [5.74, 6) is 2.96. The van der Waals surface area contributed by atoms with E-state index < -0.39 is 0 Å². The molecule has 0 bridgehead atoms. The number of allylic oxidation sites excluding steroid dienone is 1. The fraction of sp³-hybridized carbons (Fsp3) is 0.429. The maximum Gasteiger partial charge on any atom is 0.229 e. The molecule has 0 aliphatic carbocycles. The molecule has 2 aliphatic rings. The number of nitrogens with zero attached hydrogens (tertiary/aromatic N) is 2. The van der Waals surface area contributed by atoms with Gasteiger partial charge in [-0.05, 0) is 44.4 Å². The summed E-state index contributed by atoms with van der Waals surface area (Å²) in [4.78, 5) is 9.06. The zero-order valence-electron chi connectivity index (χ0n) is 16.7. The van der Waals surface area contributed by atoms with Crippen molar-refractivity contribution in [3.05, 3.63) is 35.0 Å². The van der Waals surface area contributed by atoms with Gasteiger partial charge in [0.25, 0.3) is 0 Å². The summed E-state index contributed by atoms with van der Waals surface area (Å²) in [6.07, 6.45) is 4.38. The highest BCUT2D eigenvalue weighted by molar-refractivity contribution is 5.82. The minimum absolute atomic E-state index is 0.556. The van der Waals surface area contributed by atoms with Crippen molar-refractivity contribution in [3.8, 4) is 11.5 Å². The number of nitrogens with one attached hydrogen (secondary N) is 3. The second-order valence-electron chi connectivity index (χ2n) is 7.08. The summed E-state index contributed by atoms with van der Waals surface area (Å²) in [6.45, 7) is 7.10. The molecule has 0 atom stereocenters. The van der Waals surface area contributed by atoms with Crippen molar-refractivity contribution in [2.75, 3.05) is 44.0 Å². The van der Waals surface area contributed by atoms with Gasteiger partial charge < -0.3 is 25.4 Å². The van der Waals surface area contributed by atoms with Crippen molar-refractivity contribution < 1.29 is 9.47 Å². The Hall–Kier alpha value is -2.80. The Morgan fingerprint density at radius 3 is 2.82 bits per heavy atom. The molecule has 0 unspecified atom stereocenters. The fourth-order valence-electron chi connectivity index (χ4n) is 3.70. The lowest BCUT2D eigenvalue weighted by molar-refractivity contribution is 0.171. The van der Waals surface area contributed by atoms with Crippen molar-refractivity contribution in [3.63, 3.8) is 0 Å². The number of hydrogen-bond donors (Lipinski definition) is 3. The quantitative estimate of drug-likeness (QED) is 0.749. The van der Waals surface area contributed by atoms with E-state index in [0.717, 1.165) is 65.8 Å². The third-order valence-electron chi connectivity index (χ3n) is 5.06. The molecule has 0 saturated heterocycles. The Balaban J connectivity index is 1.79. The van der Waals surface area contributed by atoms with Crippen molar-refractivity contribution in [2.45, 2.75) is 26.7 Å². The van der Waals surface area contributed by atoms with Crippen LogP contribution in [0.5, 0.6) is 11.5 Å². The van der Waals surface area contributed by atoms with E-state index in [2.05, 4.69) is 38.9 Å². The Morgan fingerprint density at radius 2 is 1.96 bits per heavy atom. The Kier molecular flexibility index (Phi) is 5.34. The van der Waals surface area contributed by atoms with Gasteiger partial charge in [0, 0.05) is 42.7 Å². The number of aryl methyl sites for hydroxylation is 1. The van der Waals surface area contributed by atoms with Gasteiger partial charge in [0.2, 0.25) is 5.95 Å². The molecule has 2 aromatic rings. The van der Waals surface area contributed by atoms with Crippen molar-refractivity contribution in [1.29, 1.82) is 0 Å². The maximum atomic E-state index is 6.04. The molecule has 0 radical (unpaired) electrons. The van der Waals surface area contributed by atoms with Crippen molar-refractivity contribution in [1.82, 2.24) is 15.3 Å². The van der Waals surface area contributed by atoms with E-state index in [-0.39, 0.29) is 0 Å². The van der Waals surface area contributed by atoms with Gasteiger partial charge in [-0.25, -0.2) is 4.98 Å². The molecule has 0 amide bonds. The van der Waals surface area contributed by atoms with Crippen LogP contribution in [0.25, 0.3) is 5.57 Å². The average molecular weight is 381 g/mol. The van der Waals surface area contributed by atoms with E-state index in [1.165, 1.54) is 5.57 Å². The molecule has 28 heavy (non-hydrogen) atoms. The van der Waals surface area contributed by atoms with Crippen molar-refractivity contribution in [2.24, 2.45) is 0 Å². The minimum atomic E-state index is 0.556. The smallest absolute Gasteiger partial charge is 0.229 e. The number of fused-ring (bicyclic) bond motifs is 1. The van der Waals surface area contributed by atoms with Crippen LogP contribution in [0.4, 0.5) is 17.5 Å². The molecule has 148 valence electrons. The number of aromatic nitrogens is 2. The van der Waals surface area contributed by atoms with Crippen LogP contribution in [0.2, 0.25) is 0 Å². The number of rotatable bonds is 4. The maximum absolute atomic E-state index is 6.04. The SMILES string of the molecule is CNc1cc(C)nc(Nc2cc3c(c(C4=CCNCCC4)c2C)OCCO3)n1. The molecule has 0 fully saturated rings. The molecule has 1 aromatic heterocycles. The molecular weight excluding hydrogens is 354 g/mol. The standard InChI is InChI=1S/C21H27N5O2/c1-13-11-18(22-3)26-21(24-13)25-16-12-17-20(28-10-9-27-17)19(14(16)2)15-5-4-7-23-8-6-15/h6,11-12,23H,4-5,7-10H2,1-3H3,(H2,22,24,25,26). The van der Waals surface area contributed by atoms with Crippen LogP contribution >= 0.6 is 0 Å². The lowest BCUT2D eigenvalue weighted by atomic mass is 9.94. The summed E-state index contributed by atoms with van der Waals surface area (Å²) in [5.41, 5.74) is 5.38. The van der Waals surface area contributed by atoms with Crippen LogP contribution in [-0.2, 0) is 0 Å². The van der Waals surface area contributed by atoms with E-state index in [0.29, 0.717) is 19.2 Å². The molecule has 0 saturated carbocycles. The monoisotopic (exact) mass is 381 g/mol. The van der Waals surface area contributed by atoms with Crippen LogP contribution < -0.4 is 25.4 Å². The third-order valence-corrected chi connectivity index (χ3v) is 5.06. The highest BCUT2D eigenvalue weighted by Gasteiger charge is 2.24. The Bertz CT molecular complexity index is 910. The van der Waals surface area contributed by atoms with Crippen LogP contribution in [0.1, 0.15) is 29.7 Å². The summed E-state index contributed by atoms with van der Waals surface area (Å²) in [7, 11) is 1.85. The van der Waals surface area contributed by atoms with Crippen LogP contribution in [0, 0.1) is 13.8 Å². The zero-order chi connectivity index (χ0) is 19.5. The van der Waals surface area contributed by atoms with E-state index in [1.807, 2.05) is 26.1 Å². The van der Waals surface area contributed by atoms with Gasteiger partial charge in [0.15, 0.2) is 11.5 Å². The minimum Gasteiger partial charge on any atom is -0.486 e. The molecule has 7 heteroatoms. The normalized spacial score (nSPS) is 16.2. The van der Waals surface area contributed by atoms with E-state index in [4.69, 9.17) is 9.47 Å². The van der Waals surface area contributed by atoms with Gasteiger partial charge in [-0.1, -0.05) is 6.08 Å². The zero-order valence-corrected chi connectivity index (χ0v) is 16.7. The topological polar surface area (TPSA) is 80.3 Å². The van der Waals surface area contributed by atoms with E-state index in [1.54, 1.807) is 0 Å². The van der Waals surface area contributed by atoms with Gasteiger partial charge in [-0.15, -0.1) is 0 Å². The average Bonchev–Trinajstić information content (AvgIpc) is 2.97. The van der Waals surface area contributed by atoms with E-state index >= 15 is 0 Å². The highest BCUT2D eigenvalue weighted by atomic mass is 16.6. The van der Waals surface area contributed by atoms with Gasteiger partial charge in [-0.2, -0.15) is 4.98 Å². The number of anilines is 3. The van der Waals surface area contributed by atoms with Gasteiger partial charge in [0.05, 0.1) is 0 Å².